The molecular weight excluding hydrogens is 486 g/mol. The van der Waals surface area contributed by atoms with Gasteiger partial charge in [-0.25, -0.2) is 4.79 Å². The lowest BCUT2D eigenvalue weighted by Gasteiger charge is -2.36. The molecule has 0 heterocycles. The van der Waals surface area contributed by atoms with Crippen LogP contribution in [0.1, 0.15) is 23.6 Å². The Morgan fingerprint density at radius 3 is 1.69 bits per heavy atom. The van der Waals surface area contributed by atoms with Gasteiger partial charge in [-0.05, 0) is 16.7 Å². The summed E-state index contributed by atoms with van der Waals surface area (Å²) in [5.74, 6) is -0.356. The third kappa shape index (κ3) is 5.81. The number of thioether (sulfide) groups is 1. The van der Waals surface area contributed by atoms with E-state index in [9.17, 15) is 9.59 Å². The van der Waals surface area contributed by atoms with E-state index in [2.05, 4.69) is 57.6 Å². The number of esters is 1. The number of ether oxygens (including phenoxy) is 1. The molecule has 0 saturated heterocycles. The van der Waals surface area contributed by atoms with E-state index >= 15 is 0 Å². The minimum absolute atomic E-state index is 0.251. The zero-order valence-electron chi connectivity index (χ0n) is 17.9. The van der Waals surface area contributed by atoms with E-state index in [4.69, 9.17) is 4.74 Å². The van der Waals surface area contributed by atoms with Crippen molar-refractivity contribution in [2.45, 2.75) is 17.7 Å². The molecule has 0 radical (unpaired) electrons. The molecule has 0 aliphatic rings. The minimum atomic E-state index is -0.757. The Labute approximate surface area is 201 Å². The highest BCUT2D eigenvalue weighted by atomic mass is 79.9. The molecule has 0 spiro atoms. The van der Waals surface area contributed by atoms with Gasteiger partial charge in [-0.2, -0.15) is 0 Å². The normalized spacial score (nSPS) is 12.1. The Morgan fingerprint density at radius 2 is 1.31 bits per heavy atom. The van der Waals surface area contributed by atoms with E-state index in [-0.39, 0.29) is 12.5 Å². The van der Waals surface area contributed by atoms with Crippen LogP contribution in [0.15, 0.2) is 91.0 Å². The van der Waals surface area contributed by atoms with Crippen LogP contribution in [0.2, 0.25) is 0 Å². The van der Waals surface area contributed by atoms with Gasteiger partial charge in [0.15, 0.2) is 0 Å². The van der Waals surface area contributed by atoms with E-state index in [1.807, 2.05) is 54.6 Å². The molecule has 1 amide bonds. The van der Waals surface area contributed by atoms with Gasteiger partial charge in [-0.3, -0.25) is 4.79 Å². The Bertz CT molecular complexity index is 903. The van der Waals surface area contributed by atoms with Gasteiger partial charge in [-0.15, -0.1) is 11.8 Å². The van der Waals surface area contributed by atoms with Crippen molar-refractivity contribution in [1.29, 1.82) is 0 Å². The molecule has 6 heteroatoms. The van der Waals surface area contributed by atoms with E-state index in [0.717, 1.165) is 16.7 Å². The van der Waals surface area contributed by atoms with Crippen LogP contribution in [0.3, 0.4) is 0 Å². The van der Waals surface area contributed by atoms with Crippen molar-refractivity contribution in [3.8, 4) is 0 Å². The monoisotopic (exact) mass is 511 g/mol. The Hall–Kier alpha value is -2.57. The molecule has 3 rings (SSSR count). The summed E-state index contributed by atoms with van der Waals surface area (Å²) in [4.78, 5) is 24.5. The number of alkyl halides is 1. The second kappa shape index (κ2) is 11.9. The first-order chi connectivity index (χ1) is 15.6. The van der Waals surface area contributed by atoms with Crippen LogP contribution < -0.4 is 5.32 Å². The third-order valence-corrected chi connectivity index (χ3v) is 6.95. The molecule has 0 aliphatic carbocycles. The highest BCUT2D eigenvalue weighted by molar-refractivity contribution is 9.09. The smallest absolute Gasteiger partial charge is 0.329 e. The highest BCUT2D eigenvalue weighted by Crippen LogP contribution is 2.48. The molecule has 0 saturated carbocycles. The number of carbonyl (C=O) groups is 2. The maximum atomic E-state index is 12.7. The molecule has 3 aromatic rings. The molecule has 3 aromatic carbocycles. The fraction of sp³-hybridized carbons (Fsp3) is 0.231. The number of benzene rings is 3. The van der Waals surface area contributed by atoms with Gasteiger partial charge >= 0.3 is 5.97 Å². The van der Waals surface area contributed by atoms with E-state index < -0.39 is 16.8 Å². The second-order valence-electron chi connectivity index (χ2n) is 7.20. The maximum absolute atomic E-state index is 12.7. The summed E-state index contributed by atoms with van der Waals surface area (Å²) >= 11 is 4.88. The summed E-state index contributed by atoms with van der Waals surface area (Å²) in [6.45, 7) is 1.66. The van der Waals surface area contributed by atoms with Crippen molar-refractivity contribution in [3.63, 3.8) is 0 Å². The average molecular weight is 512 g/mol. The van der Waals surface area contributed by atoms with Gasteiger partial charge in [0.05, 0.1) is 4.75 Å². The molecule has 32 heavy (non-hydrogen) atoms. The average Bonchev–Trinajstić information content (AvgIpc) is 2.84. The van der Waals surface area contributed by atoms with Crippen molar-refractivity contribution < 1.29 is 14.3 Å². The first-order valence-electron chi connectivity index (χ1n) is 10.4. The largest absolute Gasteiger partial charge is 0.463 e. The number of rotatable bonds is 10. The van der Waals surface area contributed by atoms with Gasteiger partial charge in [-0.1, -0.05) is 107 Å². The standard InChI is InChI=1S/C26H26BrNO3S/c1-20(29)28-24(25(30)31-18-17-27)19-32-26(21-11-5-2-6-12-21,22-13-7-3-8-14-22)23-15-9-4-10-16-23/h2-16,24H,17-19H2,1H3,(H,28,29). The fourth-order valence-corrected chi connectivity index (χ4v) is 5.34. The number of carbonyl (C=O) groups excluding carboxylic acids is 2. The fourth-order valence-electron chi connectivity index (χ4n) is 3.63. The lowest BCUT2D eigenvalue weighted by Crippen LogP contribution is -2.44. The van der Waals surface area contributed by atoms with Crippen molar-refractivity contribution in [3.05, 3.63) is 108 Å². The summed E-state index contributed by atoms with van der Waals surface area (Å²) in [7, 11) is 0. The zero-order valence-corrected chi connectivity index (χ0v) is 20.3. The SMILES string of the molecule is CC(=O)NC(CSC(c1ccccc1)(c1ccccc1)c1ccccc1)C(=O)OCCBr. The Kier molecular flexibility index (Phi) is 8.94. The second-order valence-corrected chi connectivity index (χ2v) is 9.23. The summed E-state index contributed by atoms with van der Waals surface area (Å²) in [6, 6.07) is 29.9. The van der Waals surface area contributed by atoms with Crippen LogP contribution in [0, 0.1) is 0 Å². The van der Waals surface area contributed by atoms with Crippen LogP contribution in [0.25, 0.3) is 0 Å². The van der Waals surface area contributed by atoms with Crippen molar-refractivity contribution >= 4 is 39.6 Å². The first kappa shape index (κ1) is 24.1. The van der Waals surface area contributed by atoms with Crippen LogP contribution >= 0.6 is 27.7 Å². The van der Waals surface area contributed by atoms with Crippen molar-refractivity contribution in [1.82, 2.24) is 5.32 Å². The zero-order chi connectivity index (χ0) is 22.8. The number of nitrogens with one attached hydrogen (secondary N) is 1. The molecule has 1 N–H and O–H groups in total. The van der Waals surface area contributed by atoms with E-state index in [0.29, 0.717) is 11.1 Å². The molecule has 0 aliphatic heterocycles. The molecule has 0 aromatic heterocycles. The summed E-state index contributed by atoms with van der Waals surface area (Å²) in [6.07, 6.45) is 0. The quantitative estimate of drug-likeness (QED) is 0.232. The minimum Gasteiger partial charge on any atom is -0.463 e. The maximum Gasteiger partial charge on any atom is 0.329 e. The van der Waals surface area contributed by atoms with Crippen LogP contribution in [0.5, 0.6) is 0 Å². The Morgan fingerprint density at radius 1 is 0.875 bits per heavy atom. The number of amides is 1. The molecular formula is C26H26BrNO3S. The molecule has 1 atom stereocenters. The van der Waals surface area contributed by atoms with Gasteiger partial charge < -0.3 is 10.1 Å². The van der Waals surface area contributed by atoms with E-state index in [1.165, 1.54) is 6.92 Å². The summed E-state index contributed by atoms with van der Waals surface area (Å²) in [5.41, 5.74) is 3.29. The van der Waals surface area contributed by atoms with Crippen LogP contribution in [0.4, 0.5) is 0 Å². The molecule has 166 valence electrons. The third-order valence-electron chi connectivity index (χ3n) is 4.99. The van der Waals surface area contributed by atoms with Gasteiger partial charge in [0.2, 0.25) is 5.91 Å². The lowest BCUT2D eigenvalue weighted by atomic mass is 9.84. The van der Waals surface area contributed by atoms with Crippen LogP contribution in [-0.4, -0.2) is 35.6 Å². The predicted octanol–water partition coefficient (Wildman–Crippen LogP) is 5.15. The number of halogens is 1. The van der Waals surface area contributed by atoms with Crippen molar-refractivity contribution in [2.24, 2.45) is 0 Å². The van der Waals surface area contributed by atoms with Crippen LogP contribution in [-0.2, 0) is 19.1 Å². The van der Waals surface area contributed by atoms with Gasteiger partial charge in [0, 0.05) is 18.0 Å². The number of hydrogen-bond acceptors (Lipinski definition) is 4. The highest BCUT2D eigenvalue weighted by Gasteiger charge is 2.38. The van der Waals surface area contributed by atoms with Gasteiger partial charge in [0.25, 0.3) is 0 Å². The molecule has 0 bridgehead atoms. The van der Waals surface area contributed by atoms with E-state index in [1.54, 1.807) is 11.8 Å². The first-order valence-corrected chi connectivity index (χ1v) is 12.5. The molecule has 1 unspecified atom stereocenters. The Balaban J connectivity index is 2.08. The number of hydrogen-bond donors (Lipinski definition) is 1. The lowest BCUT2D eigenvalue weighted by molar-refractivity contribution is -0.146. The topological polar surface area (TPSA) is 55.4 Å². The van der Waals surface area contributed by atoms with Gasteiger partial charge in [0.1, 0.15) is 12.6 Å². The summed E-state index contributed by atoms with van der Waals surface area (Å²) in [5, 5.41) is 3.31. The predicted molar refractivity (Wildman–Crippen MR) is 134 cm³/mol. The van der Waals surface area contributed by atoms with Crippen molar-refractivity contribution in [2.75, 3.05) is 17.7 Å². The molecule has 4 nitrogen and oxygen atoms in total. The molecule has 0 fully saturated rings. The summed E-state index contributed by atoms with van der Waals surface area (Å²) < 4.78 is 4.75.